The van der Waals surface area contributed by atoms with E-state index in [2.05, 4.69) is 23.9 Å². The van der Waals surface area contributed by atoms with Gasteiger partial charge >= 0.3 is 0 Å². The minimum absolute atomic E-state index is 0.416. The van der Waals surface area contributed by atoms with E-state index in [1.165, 1.54) is 0 Å². The molecule has 0 amide bonds. The fourth-order valence-corrected chi connectivity index (χ4v) is 4.12. The first kappa shape index (κ1) is 17.9. The molecular weight excluding hydrogens is 274 g/mol. The van der Waals surface area contributed by atoms with Crippen LogP contribution in [0.5, 0.6) is 0 Å². The molecule has 0 radical (unpaired) electrons. The Labute approximate surface area is 124 Å². The largest absolute Gasteiger partial charge is 0.316 e. The van der Waals surface area contributed by atoms with E-state index in [0.29, 0.717) is 24.9 Å². The van der Waals surface area contributed by atoms with Crippen molar-refractivity contribution in [2.24, 2.45) is 11.8 Å². The SMILES string of the molecule is CC(C)CNCC1CCCN(S(=O)(=O)NC(C)(C)C)C1. The third-order valence-electron chi connectivity index (χ3n) is 3.24. The van der Waals surface area contributed by atoms with Gasteiger partial charge in [0, 0.05) is 18.6 Å². The molecule has 0 bridgehead atoms. The second-order valence-electron chi connectivity index (χ2n) is 7.28. The minimum Gasteiger partial charge on any atom is -0.316 e. The fraction of sp³-hybridized carbons (Fsp3) is 1.00. The van der Waals surface area contributed by atoms with Gasteiger partial charge in [-0.15, -0.1) is 0 Å². The molecule has 120 valence electrons. The molecule has 20 heavy (non-hydrogen) atoms. The average molecular weight is 305 g/mol. The minimum atomic E-state index is -3.36. The zero-order valence-electron chi connectivity index (χ0n) is 13.6. The van der Waals surface area contributed by atoms with Crippen molar-refractivity contribution < 1.29 is 8.42 Å². The van der Waals surface area contributed by atoms with Crippen molar-refractivity contribution in [1.29, 1.82) is 0 Å². The second-order valence-corrected chi connectivity index (χ2v) is 8.95. The summed E-state index contributed by atoms with van der Waals surface area (Å²) >= 11 is 0. The predicted molar refractivity (Wildman–Crippen MR) is 83.8 cm³/mol. The Morgan fingerprint density at radius 3 is 2.50 bits per heavy atom. The van der Waals surface area contributed by atoms with E-state index in [1.54, 1.807) is 4.31 Å². The van der Waals surface area contributed by atoms with Crippen LogP contribution in [0.3, 0.4) is 0 Å². The van der Waals surface area contributed by atoms with Crippen LogP contribution in [0.2, 0.25) is 0 Å². The van der Waals surface area contributed by atoms with Crippen LogP contribution in [0, 0.1) is 11.8 Å². The zero-order valence-corrected chi connectivity index (χ0v) is 14.4. The van der Waals surface area contributed by atoms with Crippen molar-refractivity contribution in [2.75, 3.05) is 26.2 Å². The van der Waals surface area contributed by atoms with Crippen LogP contribution in [-0.2, 0) is 10.2 Å². The molecule has 1 rings (SSSR count). The number of piperidine rings is 1. The Morgan fingerprint density at radius 2 is 1.95 bits per heavy atom. The van der Waals surface area contributed by atoms with Crippen LogP contribution in [0.4, 0.5) is 0 Å². The van der Waals surface area contributed by atoms with Crippen LogP contribution in [0.1, 0.15) is 47.5 Å². The lowest BCUT2D eigenvalue weighted by molar-refractivity contribution is 0.253. The molecule has 0 saturated carbocycles. The van der Waals surface area contributed by atoms with Crippen molar-refractivity contribution in [3.8, 4) is 0 Å². The number of hydrogen-bond donors (Lipinski definition) is 2. The van der Waals surface area contributed by atoms with Crippen LogP contribution in [0.15, 0.2) is 0 Å². The molecule has 1 fully saturated rings. The maximum absolute atomic E-state index is 12.3. The van der Waals surface area contributed by atoms with Crippen molar-refractivity contribution in [2.45, 2.75) is 53.0 Å². The summed E-state index contributed by atoms with van der Waals surface area (Å²) in [7, 11) is -3.36. The molecule has 1 unspecified atom stereocenters. The van der Waals surface area contributed by atoms with Gasteiger partial charge in [0.05, 0.1) is 0 Å². The highest BCUT2D eigenvalue weighted by molar-refractivity contribution is 7.87. The van der Waals surface area contributed by atoms with Crippen molar-refractivity contribution in [3.63, 3.8) is 0 Å². The summed E-state index contributed by atoms with van der Waals surface area (Å²) in [6.45, 7) is 13.1. The monoisotopic (exact) mass is 305 g/mol. The third kappa shape index (κ3) is 6.52. The Balaban J connectivity index is 2.51. The second kappa shape index (κ2) is 7.20. The average Bonchev–Trinajstić information content (AvgIpc) is 2.25. The molecule has 0 aromatic heterocycles. The summed E-state index contributed by atoms with van der Waals surface area (Å²) in [5.41, 5.74) is -0.429. The molecule has 0 aliphatic carbocycles. The molecule has 2 N–H and O–H groups in total. The van der Waals surface area contributed by atoms with Crippen LogP contribution < -0.4 is 10.0 Å². The number of nitrogens with zero attached hydrogens (tertiary/aromatic N) is 1. The Morgan fingerprint density at radius 1 is 1.30 bits per heavy atom. The van der Waals surface area contributed by atoms with E-state index in [-0.39, 0.29) is 0 Å². The third-order valence-corrected chi connectivity index (χ3v) is 5.12. The van der Waals surface area contributed by atoms with Crippen LogP contribution in [0.25, 0.3) is 0 Å². The molecule has 1 aliphatic rings. The molecule has 1 aliphatic heterocycles. The summed E-state index contributed by atoms with van der Waals surface area (Å²) in [6, 6.07) is 0. The first-order chi connectivity index (χ1) is 9.10. The first-order valence-corrected chi connectivity index (χ1v) is 9.04. The molecule has 0 spiro atoms. The Kier molecular flexibility index (Phi) is 6.44. The lowest BCUT2D eigenvalue weighted by atomic mass is 9.99. The van der Waals surface area contributed by atoms with Gasteiger partial charge in [0.1, 0.15) is 0 Å². The summed E-state index contributed by atoms with van der Waals surface area (Å²) in [5.74, 6) is 1.04. The van der Waals surface area contributed by atoms with Gasteiger partial charge in [-0.3, -0.25) is 0 Å². The van der Waals surface area contributed by atoms with Gasteiger partial charge in [-0.1, -0.05) is 13.8 Å². The normalized spacial score (nSPS) is 22.4. The van der Waals surface area contributed by atoms with E-state index in [9.17, 15) is 8.42 Å². The molecule has 0 aromatic rings. The van der Waals surface area contributed by atoms with E-state index in [0.717, 1.165) is 25.9 Å². The summed E-state index contributed by atoms with van der Waals surface area (Å²) in [5, 5.41) is 3.43. The van der Waals surface area contributed by atoms with Gasteiger partial charge in [-0.05, 0) is 58.5 Å². The molecule has 5 nitrogen and oxygen atoms in total. The summed E-state index contributed by atoms with van der Waals surface area (Å²) < 4.78 is 29.0. The Hall–Kier alpha value is -0.170. The lowest BCUT2D eigenvalue weighted by Gasteiger charge is -2.34. The number of nitrogens with one attached hydrogen (secondary N) is 2. The number of rotatable bonds is 6. The maximum Gasteiger partial charge on any atom is 0.279 e. The van der Waals surface area contributed by atoms with Gasteiger partial charge in [-0.25, -0.2) is 0 Å². The first-order valence-electron chi connectivity index (χ1n) is 7.60. The van der Waals surface area contributed by atoms with Gasteiger partial charge in [0.15, 0.2) is 0 Å². The molecule has 1 heterocycles. The highest BCUT2D eigenvalue weighted by atomic mass is 32.2. The fourth-order valence-electron chi connectivity index (χ4n) is 2.44. The molecule has 1 atom stereocenters. The van der Waals surface area contributed by atoms with E-state index < -0.39 is 15.7 Å². The van der Waals surface area contributed by atoms with E-state index >= 15 is 0 Å². The van der Waals surface area contributed by atoms with Crippen LogP contribution >= 0.6 is 0 Å². The highest BCUT2D eigenvalue weighted by Crippen LogP contribution is 2.19. The Bertz CT molecular complexity index is 388. The van der Waals surface area contributed by atoms with Crippen molar-refractivity contribution >= 4 is 10.2 Å². The van der Waals surface area contributed by atoms with Gasteiger partial charge in [-0.2, -0.15) is 17.4 Å². The number of hydrogen-bond acceptors (Lipinski definition) is 3. The van der Waals surface area contributed by atoms with E-state index in [1.807, 2.05) is 20.8 Å². The molecular formula is C14H31N3O2S. The smallest absolute Gasteiger partial charge is 0.279 e. The van der Waals surface area contributed by atoms with Crippen molar-refractivity contribution in [1.82, 2.24) is 14.3 Å². The van der Waals surface area contributed by atoms with Gasteiger partial charge < -0.3 is 5.32 Å². The van der Waals surface area contributed by atoms with Crippen LogP contribution in [-0.4, -0.2) is 44.4 Å². The topological polar surface area (TPSA) is 61.4 Å². The quantitative estimate of drug-likeness (QED) is 0.783. The van der Waals surface area contributed by atoms with Gasteiger partial charge in [0.25, 0.3) is 10.2 Å². The highest BCUT2D eigenvalue weighted by Gasteiger charge is 2.31. The van der Waals surface area contributed by atoms with Crippen molar-refractivity contribution in [3.05, 3.63) is 0 Å². The van der Waals surface area contributed by atoms with Gasteiger partial charge in [0.2, 0.25) is 0 Å². The summed E-state index contributed by atoms with van der Waals surface area (Å²) in [6.07, 6.45) is 2.05. The summed E-state index contributed by atoms with van der Waals surface area (Å²) in [4.78, 5) is 0. The molecule has 6 heteroatoms. The maximum atomic E-state index is 12.3. The lowest BCUT2D eigenvalue weighted by Crippen LogP contribution is -2.52. The molecule has 0 aromatic carbocycles. The van der Waals surface area contributed by atoms with E-state index in [4.69, 9.17) is 0 Å². The molecule has 1 saturated heterocycles. The standard InChI is InChI=1S/C14H31N3O2S/c1-12(2)9-15-10-13-7-6-8-17(11-13)20(18,19)16-14(3,4)5/h12-13,15-16H,6-11H2,1-5H3. The zero-order chi connectivity index (χ0) is 15.4. The predicted octanol–water partition coefficient (Wildman–Crippen LogP) is 1.58.